The van der Waals surface area contributed by atoms with E-state index in [0.29, 0.717) is 17.8 Å². The van der Waals surface area contributed by atoms with Crippen molar-refractivity contribution in [1.29, 1.82) is 0 Å². The summed E-state index contributed by atoms with van der Waals surface area (Å²) in [6, 6.07) is 6.15. The summed E-state index contributed by atoms with van der Waals surface area (Å²) in [5.74, 6) is -0.961. The van der Waals surface area contributed by atoms with E-state index in [0.717, 1.165) is 17.7 Å². The van der Waals surface area contributed by atoms with Crippen LogP contribution in [-0.4, -0.2) is 4.98 Å². The van der Waals surface area contributed by atoms with Crippen molar-refractivity contribution in [2.75, 3.05) is 5.73 Å². The van der Waals surface area contributed by atoms with E-state index in [2.05, 4.69) is 4.98 Å². The van der Waals surface area contributed by atoms with Crippen molar-refractivity contribution in [3.8, 4) is 0 Å². The van der Waals surface area contributed by atoms with Gasteiger partial charge in [-0.25, -0.2) is 9.37 Å². The minimum atomic E-state index is -4.68. The molecule has 19 heavy (non-hydrogen) atoms. The first-order chi connectivity index (χ1) is 8.86. The minimum Gasteiger partial charge on any atom is -0.384 e. The van der Waals surface area contributed by atoms with Crippen molar-refractivity contribution in [3.63, 3.8) is 0 Å². The quantitative estimate of drug-likeness (QED) is 0.849. The van der Waals surface area contributed by atoms with Gasteiger partial charge in [-0.3, -0.25) is 0 Å². The molecule has 0 unspecified atom stereocenters. The molecule has 0 saturated carbocycles. The fourth-order valence-electron chi connectivity index (χ4n) is 1.74. The first kappa shape index (κ1) is 13.3. The highest BCUT2D eigenvalue weighted by Gasteiger charge is 2.33. The van der Waals surface area contributed by atoms with Crippen molar-refractivity contribution >= 4 is 5.82 Å². The van der Waals surface area contributed by atoms with E-state index in [1.807, 2.05) is 0 Å². The number of anilines is 1. The van der Waals surface area contributed by atoms with Crippen LogP contribution in [0.25, 0.3) is 0 Å². The van der Waals surface area contributed by atoms with Gasteiger partial charge in [-0.2, -0.15) is 13.2 Å². The zero-order valence-electron chi connectivity index (χ0n) is 9.71. The predicted octanol–water partition coefficient (Wildman–Crippen LogP) is 3.41. The molecule has 6 heteroatoms. The first-order valence-corrected chi connectivity index (χ1v) is 5.42. The molecule has 0 saturated heterocycles. The van der Waals surface area contributed by atoms with Gasteiger partial charge in [0.1, 0.15) is 11.6 Å². The molecule has 0 radical (unpaired) electrons. The van der Waals surface area contributed by atoms with Gasteiger partial charge >= 0.3 is 6.18 Å². The van der Waals surface area contributed by atoms with Crippen LogP contribution in [0.2, 0.25) is 0 Å². The minimum absolute atomic E-state index is 0.293. The summed E-state index contributed by atoms with van der Waals surface area (Å²) in [5.41, 5.74) is 5.43. The summed E-state index contributed by atoms with van der Waals surface area (Å²) in [5, 5.41) is 0. The molecule has 2 aromatic rings. The summed E-state index contributed by atoms with van der Waals surface area (Å²) in [7, 11) is 0. The molecule has 0 amide bonds. The van der Waals surface area contributed by atoms with E-state index in [-0.39, 0.29) is 0 Å². The molecule has 1 aromatic heterocycles. The molecule has 0 aliphatic heterocycles. The van der Waals surface area contributed by atoms with Crippen LogP contribution in [-0.2, 0) is 12.6 Å². The third kappa shape index (κ3) is 3.21. The standard InChI is InChI=1S/C13H10F4N2/c14-11-6-8(1-2-10(11)13(15,16)17)5-9-3-4-19-12(18)7-9/h1-4,6-7H,5H2,(H2,18,19). The Morgan fingerprint density at radius 1 is 1.05 bits per heavy atom. The molecule has 0 bridgehead atoms. The maximum Gasteiger partial charge on any atom is 0.419 e. The molecular weight excluding hydrogens is 260 g/mol. The maximum atomic E-state index is 13.4. The molecular formula is C13H10F4N2. The fraction of sp³-hybridized carbons (Fsp3) is 0.154. The summed E-state index contributed by atoms with van der Waals surface area (Å²) >= 11 is 0. The van der Waals surface area contributed by atoms with Gasteiger partial charge in [0.05, 0.1) is 5.56 Å². The van der Waals surface area contributed by atoms with Gasteiger partial charge in [0.25, 0.3) is 0 Å². The lowest BCUT2D eigenvalue weighted by atomic mass is 10.0. The number of nitrogen functional groups attached to an aromatic ring is 1. The summed E-state index contributed by atoms with van der Waals surface area (Å²) in [4.78, 5) is 3.80. The molecule has 0 aliphatic rings. The average Bonchev–Trinajstić information content (AvgIpc) is 2.27. The van der Waals surface area contributed by atoms with Crippen LogP contribution in [0.4, 0.5) is 23.4 Å². The van der Waals surface area contributed by atoms with E-state index in [9.17, 15) is 17.6 Å². The molecule has 100 valence electrons. The van der Waals surface area contributed by atoms with Gasteiger partial charge in [0.2, 0.25) is 0 Å². The first-order valence-electron chi connectivity index (χ1n) is 5.42. The van der Waals surface area contributed by atoms with Gasteiger partial charge < -0.3 is 5.73 Å². The molecule has 2 rings (SSSR count). The second kappa shape index (κ2) is 4.87. The van der Waals surface area contributed by atoms with Crippen molar-refractivity contribution in [2.24, 2.45) is 0 Å². The van der Waals surface area contributed by atoms with Crippen LogP contribution in [0.15, 0.2) is 36.5 Å². The number of alkyl halides is 3. The van der Waals surface area contributed by atoms with Crippen molar-refractivity contribution in [1.82, 2.24) is 4.98 Å². The zero-order valence-corrected chi connectivity index (χ0v) is 9.71. The Morgan fingerprint density at radius 2 is 1.74 bits per heavy atom. The average molecular weight is 270 g/mol. The number of benzene rings is 1. The lowest BCUT2D eigenvalue weighted by Gasteiger charge is -2.09. The van der Waals surface area contributed by atoms with Crippen LogP contribution < -0.4 is 5.73 Å². The number of pyridine rings is 1. The Hall–Kier alpha value is -2.11. The smallest absolute Gasteiger partial charge is 0.384 e. The monoisotopic (exact) mass is 270 g/mol. The lowest BCUT2D eigenvalue weighted by molar-refractivity contribution is -0.140. The summed E-state index contributed by atoms with van der Waals surface area (Å²) < 4.78 is 50.6. The second-order valence-corrected chi connectivity index (χ2v) is 4.08. The fourth-order valence-corrected chi connectivity index (χ4v) is 1.74. The molecule has 1 aromatic carbocycles. The zero-order chi connectivity index (χ0) is 14.0. The van der Waals surface area contributed by atoms with Crippen LogP contribution in [0, 0.1) is 5.82 Å². The number of hydrogen-bond acceptors (Lipinski definition) is 2. The molecule has 0 aliphatic carbocycles. The second-order valence-electron chi connectivity index (χ2n) is 4.08. The van der Waals surface area contributed by atoms with Gasteiger partial charge in [0, 0.05) is 6.20 Å². The summed E-state index contributed by atoms with van der Waals surface area (Å²) in [6.45, 7) is 0. The largest absolute Gasteiger partial charge is 0.419 e. The van der Waals surface area contributed by atoms with Crippen LogP contribution in [0.3, 0.4) is 0 Å². The van der Waals surface area contributed by atoms with Gasteiger partial charge in [-0.1, -0.05) is 6.07 Å². The van der Waals surface area contributed by atoms with Crippen molar-refractivity contribution < 1.29 is 17.6 Å². The van der Waals surface area contributed by atoms with Crippen LogP contribution in [0.1, 0.15) is 16.7 Å². The predicted molar refractivity (Wildman–Crippen MR) is 62.9 cm³/mol. The van der Waals surface area contributed by atoms with Crippen LogP contribution >= 0.6 is 0 Å². The van der Waals surface area contributed by atoms with E-state index < -0.39 is 17.6 Å². The molecule has 2 nitrogen and oxygen atoms in total. The van der Waals surface area contributed by atoms with Crippen molar-refractivity contribution in [2.45, 2.75) is 12.6 Å². The molecule has 2 N–H and O–H groups in total. The highest BCUT2D eigenvalue weighted by molar-refractivity contribution is 5.36. The van der Waals surface area contributed by atoms with Crippen LogP contribution in [0.5, 0.6) is 0 Å². The van der Waals surface area contributed by atoms with Gasteiger partial charge in [0.15, 0.2) is 0 Å². The number of nitrogens with two attached hydrogens (primary N) is 1. The SMILES string of the molecule is Nc1cc(Cc2ccc(C(F)(F)F)c(F)c2)ccn1. The highest BCUT2D eigenvalue weighted by Crippen LogP contribution is 2.31. The Morgan fingerprint density at radius 3 is 2.32 bits per heavy atom. The third-order valence-corrected chi connectivity index (χ3v) is 2.59. The molecule has 0 fully saturated rings. The van der Waals surface area contributed by atoms with E-state index in [1.54, 1.807) is 12.1 Å². The maximum absolute atomic E-state index is 13.4. The van der Waals surface area contributed by atoms with E-state index in [1.165, 1.54) is 12.3 Å². The topological polar surface area (TPSA) is 38.9 Å². The Labute approximate surface area is 106 Å². The normalized spacial score (nSPS) is 11.6. The number of rotatable bonds is 2. The number of halogens is 4. The Kier molecular flexibility index (Phi) is 3.42. The summed E-state index contributed by atoms with van der Waals surface area (Å²) in [6.07, 6.45) is -2.89. The Bertz CT molecular complexity index is 593. The number of nitrogens with zero attached hydrogens (tertiary/aromatic N) is 1. The van der Waals surface area contributed by atoms with Gasteiger partial charge in [-0.05, 0) is 41.8 Å². The van der Waals surface area contributed by atoms with E-state index >= 15 is 0 Å². The van der Waals surface area contributed by atoms with Crippen molar-refractivity contribution in [3.05, 3.63) is 59.0 Å². The number of aromatic nitrogens is 1. The molecule has 1 heterocycles. The molecule has 0 atom stereocenters. The number of hydrogen-bond donors (Lipinski definition) is 1. The molecule has 0 spiro atoms. The highest BCUT2D eigenvalue weighted by atomic mass is 19.4. The third-order valence-electron chi connectivity index (χ3n) is 2.59. The Balaban J connectivity index is 2.26. The van der Waals surface area contributed by atoms with Gasteiger partial charge in [-0.15, -0.1) is 0 Å². The van der Waals surface area contributed by atoms with E-state index in [4.69, 9.17) is 5.73 Å². The lowest BCUT2D eigenvalue weighted by Crippen LogP contribution is -2.08.